The van der Waals surface area contributed by atoms with Gasteiger partial charge in [0.05, 0.1) is 4.47 Å². The monoisotopic (exact) mass is 370 g/mol. The summed E-state index contributed by atoms with van der Waals surface area (Å²) >= 11 is 6.80. The molecule has 0 aliphatic heterocycles. The quantitative estimate of drug-likeness (QED) is 0.618. The smallest absolute Gasteiger partial charge is 0.137 e. The highest BCUT2D eigenvalue weighted by Crippen LogP contribution is 2.30. The van der Waals surface area contributed by atoms with Crippen molar-refractivity contribution in [2.75, 3.05) is 0 Å². The van der Waals surface area contributed by atoms with Gasteiger partial charge in [0.2, 0.25) is 0 Å². The SMILES string of the molecule is Cc1ccccc1CC(Br)c1ccc(Br)c(F)c1. The second-order valence-electron chi connectivity index (χ2n) is 4.27. The third-order valence-corrected chi connectivity index (χ3v) is 4.46. The van der Waals surface area contributed by atoms with Crippen molar-refractivity contribution in [3.05, 3.63) is 69.4 Å². The Bertz CT molecular complexity index is 552. The summed E-state index contributed by atoms with van der Waals surface area (Å²) < 4.78 is 14.0. The lowest BCUT2D eigenvalue weighted by Crippen LogP contribution is -1.98. The molecular formula is C15H13Br2F. The van der Waals surface area contributed by atoms with Crippen LogP contribution in [0.25, 0.3) is 0 Å². The Morgan fingerprint density at radius 1 is 1.17 bits per heavy atom. The molecule has 0 N–H and O–H groups in total. The summed E-state index contributed by atoms with van der Waals surface area (Å²) in [5.74, 6) is -0.221. The Kier molecular flexibility index (Phi) is 4.57. The standard InChI is InChI=1S/C15H13Br2F/c1-10-4-2-3-5-11(10)8-14(17)12-6-7-13(16)15(18)9-12/h2-7,9,14H,8H2,1H3. The molecule has 18 heavy (non-hydrogen) atoms. The zero-order valence-electron chi connectivity index (χ0n) is 9.96. The van der Waals surface area contributed by atoms with Crippen molar-refractivity contribution in [2.24, 2.45) is 0 Å². The van der Waals surface area contributed by atoms with Crippen molar-refractivity contribution in [1.29, 1.82) is 0 Å². The minimum Gasteiger partial charge on any atom is -0.206 e. The zero-order chi connectivity index (χ0) is 13.1. The van der Waals surface area contributed by atoms with Crippen LogP contribution in [-0.2, 0) is 6.42 Å². The fourth-order valence-electron chi connectivity index (χ4n) is 1.86. The lowest BCUT2D eigenvalue weighted by Gasteiger charge is -2.12. The molecule has 0 aliphatic carbocycles. The van der Waals surface area contributed by atoms with Crippen molar-refractivity contribution in [1.82, 2.24) is 0 Å². The largest absolute Gasteiger partial charge is 0.206 e. The summed E-state index contributed by atoms with van der Waals surface area (Å²) in [5.41, 5.74) is 3.50. The van der Waals surface area contributed by atoms with Gasteiger partial charge < -0.3 is 0 Å². The van der Waals surface area contributed by atoms with E-state index in [2.05, 4.69) is 50.9 Å². The fraction of sp³-hybridized carbons (Fsp3) is 0.200. The molecule has 0 fully saturated rings. The Morgan fingerprint density at radius 3 is 2.56 bits per heavy atom. The molecule has 0 spiro atoms. The highest BCUT2D eigenvalue weighted by Gasteiger charge is 2.11. The number of rotatable bonds is 3. The molecule has 2 rings (SSSR count). The van der Waals surface area contributed by atoms with Crippen LogP contribution >= 0.6 is 31.9 Å². The third-order valence-electron chi connectivity index (χ3n) is 2.97. The molecule has 1 atom stereocenters. The topological polar surface area (TPSA) is 0 Å². The first kappa shape index (κ1) is 13.8. The zero-order valence-corrected chi connectivity index (χ0v) is 13.1. The maximum Gasteiger partial charge on any atom is 0.137 e. The van der Waals surface area contributed by atoms with Crippen LogP contribution in [-0.4, -0.2) is 0 Å². The molecule has 0 amide bonds. The molecular weight excluding hydrogens is 359 g/mol. The number of aryl methyl sites for hydroxylation is 1. The summed E-state index contributed by atoms with van der Waals surface area (Å²) in [6.45, 7) is 2.09. The summed E-state index contributed by atoms with van der Waals surface area (Å²) in [6.07, 6.45) is 0.855. The van der Waals surface area contributed by atoms with E-state index in [1.54, 1.807) is 12.1 Å². The van der Waals surface area contributed by atoms with Crippen LogP contribution in [0.2, 0.25) is 0 Å². The number of hydrogen-bond donors (Lipinski definition) is 0. The van der Waals surface area contributed by atoms with Crippen LogP contribution < -0.4 is 0 Å². The van der Waals surface area contributed by atoms with Gasteiger partial charge in [0, 0.05) is 4.83 Å². The summed E-state index contributed by atoms with van der Waals surface area (Å²) in [6, 6.07) is 13.5. The third kappa shape index (κ3) is 3.21. The highest BCUT2D eigenvalue weighted by atomic mass is 79.9. The maximum absolute atomic E-state index is 13.5. The molecule has 0 nitrogen and oxygen atoms in total. The number of hydrogen-bond acceptors (Lipinski definition) is 0. The molecule has 0 aliphatic rings. The average Bonchev–Trinajstić information content (AvgIpc) is 2.35. The van der Waals surface area contributed by atoms with E-state index in [0.29, 0.717) is 4.47 Å². The molecule has 1 unspecified atom stereocenters. The van der Waals surface area contributed by atoms with Gasteiger partial charge in [0.25, 0.3) is 0 Å². The lowest BCUT2D eigenvalue weighted by atomic mass is 10.0. The second kappa shape index (κ2) is 5.98. The molecule has 2 aromatic carbocycles. The lowest BCUT2D eigenvalue weighted by molar-refractivity contribution is 0.618. The molecule has 0 saturated heterocycles. The van der Waals surface area contributed by atoms with Crippen LogP contribution in [0.15, 0.2) is 46.9 Å². The highest BCUT2D eigenvalue weighted by molar-refractivity contribution is 9.10. The molecule has 0 heterocycles. The maximum atomic E-state index is 13.5. The minimum absolute atomic E-state index is 0.126. The van der Waals surface area contributed by atoms with E-state index < -0.39 is 0 Å². The van der Waals surface area contributed by atoms with E-state index in [0.717, 1.165) is 12.0 Å². The van der Waals surface area contributed by atoms with Gasteiger partial charge in [-0.05, 0) is 58.1 Å². The normalized spacial score (nSPS) is 12.4. The minimum atomic E-state index is -0.221. The van der Waals surface area contributed by atoms with E-state index in [-0.39, 0.29) is 10.6 Å². The van der Waals surface area contributed by atoms with Gasteiger partial charge in [-0.1, -0.05) is 46.3 Å². The predicted octanol–water partition coefficient (Wildman–Crippen LogP) is 5.58. The average molecular weight is 372 g/mol. The number of halogens is 3. The van der Waals surface area contributed by atoms with Gasteiger partial charge in [-0.2, -0.15) is 0 Å². The Balaban J connectivity index is 2.19. The van der Waals surface area contributed by atoms with Gasteiger partial charge in [-0.3, -0.25) is 0 Å². The Morgan fingerprint density at radius 2 is 1.89 bits per heavy atom. The molecule has 3 heteroatoms. The Hall–Kier alpha value is -0.670. The van der Waals surface area contributed by atoms with E-state index >= 15 is 0 Å². The van der Waals surface area contributed by atoms with Crippen LogP contribution in [0.3, 0.4) is 0 Å². The van der Waals surface area contributed by atoms with Crippen molar-refractivity contribution in [3.63, 3.8) is 0 Å². The molecule has 0 aromatic heterocycles. The molecule has 0 saturated carbocycles. The van der Waals surface area contributed by atoms with Gasteiger partial charge in [0.15, 0.2) is 0 Å². The van der Waals surface area contributed by atoms with Crippen molar-refractivity contribution >= 4 is 31.9 Å². The van der Waals surface area contributed by atoms with Crippen LogP contribution in [0.1, 0.15) is 21.5 Å². The molecule has 0 radical (unpaired) electrons. The fourth-order valence-corrected chi connectivity index (χ4v) is 2.74. The number of benzene rings is 2. The number of alkyl halides is 1. The molecule has 2 aromatic rings. The van der Waals surface area contributed by atoms with E-state index in [4.69, 9.17) is 0 Å². The van der Waals surface area contributed by atoms with E-state index in [9.17, 15) is 4.39 Å². The van der Waals surface area contributed by atoms with Gasteiger partial charge >= 0.3 is 0 Å². The first-order valence-electron chi connectivity index (χ1n) is 5.71. The Labute approximate surface area is 123 Å². The first-order valence-corrected chi connectivity index (χ1v) is 7.42. The summed E-state index contributed by atoms with van der Waals surface area (Å²) in [4.78, 5) is 0.126. The summed E-state index contributed by atoms with van der Waals surface area (Å²) in [7, 11) is 0. The van der Waals surface area contributed by atoms with Crippen LogP contribution in [0.5, 0.6) is 0 Å². The second-order valence-corrected chi connectivity index (χ2v) is 6.23. The van der Waals surface area contributed by atoms with Crippen molar-refractivity contribution in [3.8, 4) is 0 Å². The van der Waals surface area contributed by atoms with Crippen molar-refractivity contribution in [2.45, 2.75) is 18.2 Å². The molecule has 94 valence electrons. The van der Waals surface area contributed by atoms with Crippen LogP contribution in [0, 0.1) is 12.7 Å². The van der Waals surface area contributed by atoms with E-state index in [1.807, 2.05) is 18.2 Å². The van der Waals surface area contributed by atoms with Gasteiger partial charge in [0.1, 0.15) is 5.82 Å². The molecule has 0 bridgehead atoms. The first-order chi connectivity index (χ1) is 8.58. The van der Waals surface area contributed by atoms with E-state index in [1.165, 1.54) is 11.1 Å². The van der Waals surface area contributed by atoms with Crippen molar-refractivity contribution < 1.29 is 4.39 Å². The van der Waals surface area contributed by atoms with Gasteiger partial charge in [-0.25, -0.2) is 4.39 Å². The van der Waals surface area contributed by atoms with Gasteiger partial charge in [-0.15, -0.1) is 0 Å². The summed E-state index contributed by atoms with van der Waals surface area (Å²) in [5, 5.41) is 0. The predicted molar refractivity (Wildman–Crippen MR) is 80.7 cm³/mol. The van der Waals surface area contributed by atoms with Crippen LogP contribution in [0.4, 0.5) is 4.39 Å².